The first kappa shape index (κ1) is 12.3. The quantitative estimate of drug-likeness (QED) is 0.743. The van der Waals surface area contributed by atoms with Crippen LogP contribution in [-0.2, 0) is 0 Å². The lowest BCUT2D eigenvalue weighted by molar-refractivity contribution is 0.806. The van der Waals surface area contributed by atoms with Gasteiger partial charge in [0, 0.05) is 24.4 Å². The normalized spacial score (nSPS) is 19.2. The second-order valence-electron chi connectivity index (χ2n) is 4.13. The predicted molar refractivity (Wildman–Crippen MR) is 74.6 cm³/mol. The van der Waals surface area contributed by atoms with Crippen molar-refractivity contribution in [2.24, 2.45) is 0 Å². The molecule has 1 saturated heterocycles. The highest BCUT2D eigenvalue weighted by Gasteiger charge is 2.16. The smallest absolute Gasteiger partial charge is 0.223 e. The topological polar surface area (TPSA) is 75.9 Å². The minimum Gasteiger partial charge on any atom is -0.370 e. The number of anilines is 3. The highest BCUT2D eigenvalue weighted by molar-refractivity contribution is 7.99. The van der Waals surface area contributed by atoms with Crippen molar-refractivity contribution in [1.29, 1.82) is 0 Å². The average Bonchev–Trinajstić information content (AvgIpc) is 2.78. The van der Waals surface area contributed by atoms with E-state index in [1.807, 2.05) is 17.8 Å². The Kier molecular flexibility index (Phi) is 4.30. The van der Waals surface area contributed by atoms with Gasteiger partial charge in [-0.2, -0.15) is 21.7 Å². The zero-order valence-electron chi connectivity index (χ0n) is 10.1. The van der Waals surface area contributed by atoms with E-state index in [9.17, 15) is 0 Å². The molecule has 1 fully saturated rings. The maximum absolute atomic E-state index is 5.70. The second kappa shape index (κ2) is 5.95. The molecule has 94 valence electrons. The van der Waals surface area contributed by atoms with Crippen molar-refractivity contribution in [3.63, 3.8) is 0 Å². The molecular weight excluding hydrogens is 234 g/mol. The Morgan fingerprint density at radius 1 is 1.47 bits per heavy atom. The van der Waals surface area contributed by atoms with Crippen molar-refractivity contribution >= 4 is 29.3 Å². The molecule has 0 amide bonds. The average molecular weight is 253 g/mol. The van der Waals surface area contributed by atoms with E-state index >= 15 is 0 Å². The summed E-state index contributed by atoms with van der Waals surface area (Å²) in [6.45, 7) is 3.02. The van der Waals surface area contributed by atoms with E-state index < -0.39 is 0 Å². The van der Waals surface area contributed by atoms with Crippen LogP contribution in [0.15, 0.2) is 6.07 Å². The Labute approximate surface area is 106 Å². The first-order valence-corrected chi connectivity index (χ1v) is 7.16. The number of nitrogens with two attached hydrogens (primary N) is 1. The number of hydrogen-bond acceptors (Lipinski definition) is 6. The molecule has 0 bridgehead atoms. The van der Waals surface area contributed by atoms with E-state index in [4.69, 9.17) is 5.73 Å². The lowest BCUT2D eigenvalue weighted by atomic mass is 10.2. The molecule has 2 heterocycles. The summed E-state index contributed by atoms with van der Waals surface area (Å²) >= 11 is 1.97. The zero-order chi connectivity index (χ0) is 12.1. The van der Waals surface area contributed by atoms with E-state index in [0.29, 0.717) is 12.0 Å². The first-order chi connectivity index (χ1) is 8.28. The van der Waals surface area contributed by atoms with Gasteiger partial charge in [-0.25, -0.2) is 0 Å². The molecule has 2 rings (SSSR count). The van der Waals surface area contributed by atoms with Crippen LogP contribution in [0.5, 0.6) is 0 Å². The third kappa shape index (κ3) is 3.66. The highest BCUT2D eigenvalue weighted by Crippen LogP contribution is 2.21. The molecule has 0 aromatic carbocycles. The predicted octanol–water partition coefficient (Wildman–Crippen LogP) is 1.80. The largest absolute Gasteiger partial charge is 0.370 e. The van der Waals surface area contributed by atoms with Gasteiger partial charge in [-0.15, -0.1) is 0 Å². The summed E-state index contributed by atoms with van der Waals surface area (Å²) in [6, 6.07) is 2.43. The molecule has 5 nitrogen and oxygen atoms in total. The Balaban J connectivity index is 2.02. The number of nitrogens with one attached hydrogen (secondary N) is 2. The van der Waals surface area contributed by atoms with E-state index in [-0.39, 0.29) is 0 Å². The summed E-state index contributed by atoms with van der Waals surface area (Å²) in [7, 11) is 0. The molecule has 4 N–H and O–H groups in total. The Morgan fingerprint density at radius 2 is 2.29 bits per heavy atom. The van der Waals surface area contributed by atoms with Crippen molar-refractivity contribution in [3.8, 4) is 0 Å². The molecule has 1 unspecified atom stereocenters. The Morgan fingerprint density at radius 3 is 3.00 bits per heavy atom. The summed E-state index contributed by atoms with van der Waals surface area (Å²) in [5, 5.41) is 6.63. The van der Waals surface area contributed by atoms with Gasteiger partial charge >= 0.3 is 0 Å². The van der Waals surface area contributed by atoms with E-state index in [0.717, 1.165) is 30.4 Å². The van der Waals surface area contributed by atoms with E-state index in [1.165, 1.54) is 12.2 Å². The molecular formula is C11H19N5S. The van der Waals surface area contributed by atoms with Gasteiger partial charge in [-0.05, 0) is 18.6 Å². The fraction of sp³-hybridized carbons (Fsp3) is 0.636. The minimum absolute atomic E-state index is 0.319. The van der Waals surface area contributed by atoms with Gasteiger partial charge in [0.05, 0.1) is 0 Å². The monoisotopic (exact) mass is 253 g/mol. The lowest BCUT2D eigenvalue weighted by Gasteiger charge is -2.13. The van der Waals surface area contributed by atoms with Crippen molar-refractivity contribution in [1.82, 2.24) is 9.97 Å². The van der Waals surface area contributed by atoms with Crippen LogP contribution in [0, 0.1) is 0 Å². The van der Waals surface area contributed by atoms with Crippen molar-refractivity contribution in [3.05, 3.63) is 6.07 Å². The number of nitrogen functional groups attached to an aromatic ring is 1. The molecule has 17 heavy (non-hydrogen) atoms. The number of rotatable bonds is 5. The number of thioether (sulfide) groups is 1. The van der Waals surface area contributed by atoms with Gasteiger partial charge in [0.25, 0.3) is 0 Å². The van der Waals surface area contributed by atoms with Crippen LogP contribution < -0.4 is 16.4 Å². The highest BCUT2D eigenvalue weighted by atomic mass is 32.2. The van der Waals surface area contributed by atoms with Gasteiger partial charge in [0.2, 0.25) is 5.95 Å². The van der Waals surface area contributed by atoms with Gasteiger partial charge in [0.1, 0.15) is 11.6 Å². The molecule has 0 aliphatic carbocycles. The Hall–Kier alpha value is -1.17. The molecule has 1 aliphatic rings. The fourth-order valence-electron chi connectivity index (χ4n) is 1.74. The first-order valence-electron chi connectivity index (χ1n) is 6.00. The summed E-state index contributed by atoms with van der Waals surface area (Å²) in [6.07, 6.45) is 2.25. The second-order valence-corrected chi connectivity index (χ2v) is 5.28. The van der Waals surface area contributed by atoms with E-state index in [2.05, 4.69) is 27.5 Å². The van der Waals surface area contributed by atoms with Crippen molar-refractivity contribution in [2.75, 3.05) is 34.4 Å². The van der Waals surface area contributed by atoms with Gasteiger partial charge in [-0.3, -0.25) is 0 Å². The number of nitrogens with zero attached hydrogens (tertiary/aromatic N) is 2. The molecule has 1 aromatic rings. The standard InChI is InChI=1S/C11H19N5S/c1-2-4-13-9-6-10(16-11(12)15-9)14-8-3-5-17-7-8/h6,8H,2-5,7H2,1H3,(H4,12,13,14,15,16). The fourth-order valence-corrected chi connectivity index (χ4v) is 2.89. The lowest BCUT2D eigenvalue weighted by Crippen LogP contribution is -2.19. The SMILES string of the molecule is CCCNc1cc(NC2CCSC2)nc(N)n1. The zero-order valence-corrected chi connectivity index (χ0v) is 10.9. The van der Waals surface area contributed by atoms with Crippen LogP contribution >= 0.6 is 11.8 Å². The maximum atomic E-state index is 5.70. The summed E-state index contributed by atoms with van der Waals surface area (Å²) in [5.41, 5.74) is 5.70. The van der Waals surface area contributed by atoms with Gasteiger partial charge in [-0.1, -0.05) is 6.92 Å². The molecule has 0 spiro atoms. The third-order valence-electron chi connectivity index (χ3n) is 2.58. The van der Waals surface area contributed by atoms with E-state index in [1.54, 1.807) is 0 Å². The molecule has 6 heteroatoms. The van der Waals surface area contributed by atoms with Crippen LogP contribution in [0.2, 0.25) is 0 Å². The van der Waals surface area contributed by atoms with Crippen molar-refractivity contribution < 1.29 is 0 Å². The van der Waals surface area contributed by atoms with Crippen LogP contribution in [0.1, 0.15) is 19.8 Å². The van der Waals surface area contributed by atoms with Gasteiger partial charge in [0.15, 0.2) is 0 Å². The third-order valence-corrected chi connectivity index (χ3v) is 3.74. The number of aromatic nitrogens is 2. The summed E-state index contributed by atoms with van der Waals surface area (Å²) < 4.78 is 0. The van der Waals surface area contributed by atoms with Crippen LogP contribution in [0.3, 0.4) is 0 Å². The van der Waals surface area contributed by atoms with Gasteiger partial charge < -0.3 is 16.4 Å². The molecule has 1 aromatic heterocycles. The Bertz CT molecular complexity index is 365. The summed E-state index contributed by atoms with van der Waals surface area (Å²) in [5.74, 6) is 4.30. The van der Waals surface area contributed by atoms with Crippen LogP contribution in [-0.4, -0.2) is 34.1 Å². The minimum atomic E-state index is 0.319. The molecule has 0 saturated carbocycles. The van der Waals surface area contributed by atoms with Crippen molar-refractivity contribution in [2.45, 2.75) is 25.8 Å². The maximum Gasteiger partial charge on any atom is 0.223 e. The van der Waals surface area contributed by atoms with Crippen LogP contribution in [0.25, 0.3) is 0 Å². The molecule has 1 aliphatic heterocycles. The molecule has 0 radical (unpaired) electrons. The molecule has 1 atom stereocenters. The van der Waals surface area contributed by atoms with Crippen LogP contribution in [0.4, 0.5) is 17.6 Å². The summed E-state index contributed by atoms with van der Waals surface area (Å²) in [4.78, 5) is 8.37. The number of hydrogen-bond donors (Lipinski definition) is 3.